The number of aliphatic hydroxyl groups excluding tert-OH is 1. The SMILES string of the molecule is OCCC1CCN(CCC2CCCO2)C1. The summed E-state index contributed by atoms with van der Waals surface area (Å²) >= 11 is 0. The van der Waals surface area contributed by atoms with E-state index in [-0.39, 0.29) is 0 Å². The van der Waals surface area contributed by atoms with E-state index in [0.717, 1.165) is 18.9 Å². The molecule has 0 bridgehead atoms. The summed E-state index contributed by atoms with van der Waals surface area (Å²) in [5.41, 5.74) is 0. The number of likely N-dealkylation sites (tertiary alicyclic amines) is 1. The van der Waals surface area contributed by atoms with Crippen LogP contribution in [0.3, 0.4) is 0 Å². The van der Waals surface area contributed by atoms with Gasteiger partial charge in [0.1, 0.15) is 0 Å². The Hall–Kier alpha value is -0.120. The zero-order chi connectivity index (χ0) is 10.5. The van der Waals surface area contributed by atoms with Crippen molar-refractivity contribution in [3.05, 3.63) is 0 Å². The lowest BCUT2D eigenvalue weighted by Crippen LogP contribution is -2.25. The Balaban J connectivity index is 1.59. The maximum Gasteiger partial charge on any atom is 0.0588 e. The summed E-state index contributed by atoms with van der Waals surface area (Å²) in [4.78, 5) is 2.53. The second-order valence-electron chi connectivity index (χ2n) is 4.89. The number of hydrogen-bond acceptors (Lipinski definition) is 3. The molecule has 3 nitrogen and oxygen atoms in total. The molecule has 0 aromatic rings. The average Bonchev–Trinajstić information content (AvgIpc) is 2.85. The van der Waals surface area contributed by atoms with Crippen molar-refractivity contribution >= 4 is 0 Å². The Morgan fingerprint density at radius 1 is 1.27 bits per heavy atom. The Morgan fingerprint density at radius 3 is 2.93 bits per heavy atom. The normalized spacial score (nSPS) is 32.6. The van der Waals surface area contributed by atoms with Crippen LogP contribution < -0.4 is 0 Å². The van der Waals surface area contributed by atoms with E-state index < -0.39 is 0 Å². The van der Waals surface area contributed by atoms with E-state index in [4.69, 9.17) is 9.84 Å². The molecule has 2 aliphatic heterocycles. The molecule has 2 fully saturated rings. The molecule has 88 valence electrons. The van der Waals surface area contributed by atoms with Crippen LogP contribution in [0, 0.1) is 5.92 Å². The van der Waals surface area contributed by atoms with E-state index >= 15 is 0 Å². The molecule has 2 aliphatic rings. The van der Waals surface area contributed by atoms with Gasteiger partial charge in [-0.05, 0) is 44.6 Å². The van der Waals surface area contributed by atoms with Gasteiger partial charge >= 0.3 is 0 Å². The molecule has 2 heterocycles. The van der Waals surface area contributed by atoms with E-state index in [1.807, 2.05) is 0 Å². The fourth-order valence-corrected chi connectivity index (χ4v) is 2.73. The molecule has 3 heteroatoms. The van der Waals surface area contributed by atoms with Crippen molar-refractivity contribution in [2.75, 3.05) is 32.8 Å². The highest BCUT2D eigenvalue weighted by molar-refractivity contribution is 4.76. The molecule has 0 amide bonds. The summed E-state index contributed by atoms with van der Waals surface area (Å²) in [7, 11) is 0. The van der Waals surface area contributed by atoms with Gasteiger partial charge in [0.2, 0.25) is 0 Å². The lowest BCUT2D eigenvalue weighted by atomic mass is 10.1. The van der Waals surface area contributed by atoms with Crippen molar-refractivity contribution in [2.45, 2.75) is 38.2 Å². The third-order valence-corrected chi connectivity index (χ3v) is 3.70. The van der Waals surface area contributed by atoms with E-state index in [1.54, 1.807) is 0 Å². The van der Waals surface area contributed by atoms with Crippen molar-refractivity contribution < 1.29 is 9.84 Å². The molecule has 0 radical (unpaired) electrons. The molecule has 2 unspecified atom stereocenters. The zero-order valence-corrected chi connectivity index (χ0v) is 9.53. The van der Waals surface area contributed by atoms with Gasteiger partial charge in [-0.1, -0.05) is 0 Å². The standard InChI is InChI=1S/C12H23NO2/c14-8-5-11-3-6-13(10-11)7-4-12-2-1-9-15-12/h11-12,14H,1-10H2. The first kappa shape index (κ1) is 11.4. The largest absolute Gasteiger partial charge is 0.396 e. The lowest BCUT2D eigenvalue weighted by Gasteiger charge is -2.18. The predicted octanol–water partition coefficient (Wildman–Crippen LogP) is 1.26. The van der Waals surface area contributed by atoms with Crippen LogP contribution in [0.1, 0.15) is 32.1 Å². The monoisotopic (exact) mass is 213 g/mol. The minimum atomic E-state index is 0.351. The zero-order valence-electron chi connectivity index (χ0n) is 9.53. The highest BCUT2D eigenvalue weighted by Crippen LogP contribution is 2.21. The second-order valence-corrected chi connectivity index (χ2v) is 4.89. The van der Waals surface area contributed by atoms with Gasteiger partial charge in [-0.2, -0.15) is 0 Å². The third kappa shape index (κ3) is 3.44. The molecule has 0 saturated carbocycles. The molecule has 2 atom stereocenters. The van der Waals surface area contributed by atoms with Crippen molar-refractivity contribution in [1.82, 2.24) is 4.90 Å². The fourth-order valence-electron chi connectivity index (χ4n) is 2.73. The van der Waals surface area contributed by atoms with E-state index in [2.05, 4.69) is 4.90 Å². The van der Waals surface area contributed by atoms with Crippen LogP contribution in [-0.4, -0.2) is 49.0 Å². The van der Waals surface area contributed by atoms with Gasteiger partial charge in [0.15, 0.2) is 0 Å². The molecule has 0 aliphatic carbocycles. The third-order valence-electron chi connectivity index (χ3n) is 3.70. The Morgan fingerprint density at radius 2 is 2.20 bits per heavy atom. The number of rotatable bonds is 5. The number of ether oxygens (including phenoxy) is 1. The van der Waals surface area contributed by atoms with Gasteiger partial charge in [0.25, 0.3) is 0 Å². The van der Waals surface area contributed by atoms with Crippen LogP contribution >= 0.6 is 0 Å². The summed E-state index contributed by atoms with van der Waals surface area (Å²) < 4.78 is 5.62. The summed E-state index contributed by atoms with van der Waals surface area (Å²) in [5.74, 6) is 0.736. The Bertz CT molecular complexity index is 180. The molecule has 2 saturated heterocycles. The Labute approximate surface area is 92.4 Å². The summed E-state index contributed by atoms with van der Waals surface area (Å²) in [6, 6.07) is 0. The van der Waals surface area contributed by atoms with Crippen molar-refractivity contribution in [2.24, 2.45) is 5.92 Å². The molecule has 15 heavy (non-hydrogen) atoms. The van der Waals surface area contributed by atoms with Crippen molar-refractivity contribution in [1.29, 1.82) is 0 Å². The van der Waals surface area contributed by atoms with Gasteiger partial charge in [-0.3, -0.25) is 0 Å². The van der Waals surface area contributed by atoms with Gasteiger partial charge < -0.3 is 14.7 Å². The minimum Gasteiger partial charge on any atom is -0.396 e. The van der Waals surface area contributed by atoms with Crippen molar-refractivity contribution in [3.63, 3.8) is 0 Å². The molecule has 0 spiro atoms. The molecular formula is C12H23NO2. The van der Waals surface area contributed by atoms with E-state index in [1.165, 1.54) is 45.3 Å². The van der Waals surface area contributed by atoms with E-state index in [9.17, 15) is 0 Å². The molecule has 2 rings (SSSR count). The minimum absolute atomic E-state index is 0.351. The van der Waals surface area contributed by atoms with Gasteiger partial charge in [-0.25, -0.2) is 0 Å². The summed E-state index contributed by atoms with van der Waals surface area (Å²) in [6.45, 7) is 4.92. The highest BCUT2D eigenvalue weighted by atomic mass is 16.5. The fraction of sp³-hybridized carbons (Fsp3) is 1.00. The molecular weight excluding hydrogens is 190 g/mol. The lowest BCUT2D eigenvalue weighted by molar-refractivity contribution is 0.0943. The van der Waals surface area contributed by atoms with Crippen LogP contribution in [0.4, 0.5) is 0 Å². The Kier molecular flexibility index (Phi) is 4.42. The van der Waals surface area contributed by atoms with Crippen LogP contribution in [0.2, 0.25) is 0 Å². The van der Waals surface area contributed by atoms with Crippen LogP contribution in [-0.2, 0) is 4.74 Å². The molecule has 1 N–H and O–H groups in total. The quantitative estimate of drug-likeness (QED) is 0.746. The van der Waals surface area contributed by atoms with Gasteiger partial charge in [-0.15, -0.1) is 0 Å². The van der Waals surface area contributed by atoms with Crippen LogP contribution in [0.15, 0.2) is 0 Å². The second kappa shape index (κ2) is 5.83. The van der Waals surface area contributed by atoms with Crippen molar-refractivity contribution in [3.8, 4) is 0 Å². The maximum absolute atomic E-state index is 8.88. The summed E-state index contributed by atoms with van der Waals surface area (Å²) in [5, 5.41) is 8.88. The molecule has 0 aromatic carbocycles. The average molecular weight is 213 g/mol. The predicted molar refractivity (Wildman–Crippen MR) is 59.8 cm³/mol. The van der Waals surface area contributed by atoms with Gasteiger partial charge in [0, 0.05) is 26.3 Å². The summed E-state index contributed by atoms with van der Waals surface area (Å²) in [6.07, 6.45) is 6.49. The first-order valence-electron chi connectivity index (χ1n) is 6.33. The number of aliphatic hydroxyl groups is 1. The first-order valence-corrected chi connectivity index (χ1v) is 6.33. The highest BCUT2D eigenvalue weighted by Gasteiger charge is 2.23. The van der Waals surface area contributed by atoms with Gasteiger partial charge in [0.05, 0.1) is 6.10 Å². The molecule has 0 aromatic heterocycles. The van der Waals surface area contributed by atoms with Crippen LogP contribution in [0.5, 0.6) is 0 Å². The first-order chi connectivity index (χ1) is 7.38. The van der Waals surface area contributed by atoms with Crippen LogP contribution in [0.25, 0.3) is 0 Å². The maximum atomic E-state index is 8.88. The smallest absolute Gasteiger partial charge is 0.0588 e. The topological polar surface area (TPSA) is 32.7 Å². The van der Waals surface area contributed by atoms with E-state index in [0.29, 0.717) is 12.7 Å². The number of nitrogens with zero attached hydrogens (tertiary/aromatic N) is 1. The number of hydrogen-bond donors (Lipinski definition) is 1.